The minimum absolute atomic E-state index is 0.0445. The molecule has 1 aromatic heterocycles. The van der Waals surface area contributed by atoms with Gasteiger partial charge < -0.3 is 19.5 Å². The average Bonchev–Trinajstić information content (AvgIpc) is 2.85. The molecule has 1 unspecified atom stereocenters. The quantitative estimate of drug-likeness (QED) is 0.584. The van der Waals surface area contributed by atoms with E-state index in [0.29, 0.717) is 13.2 Å². The predicted octanol–water partition coefficient (Wildman–Crippen LogP) is 3.76. The van der Waals surface area contributed by atoms with Crippen LogP contribution >= 0.6 is 0 Å². The predicted molar refractivity (Wildman–Crippen MR) is 127 cm³/mol. The lowest BCUT2D eigenvalue weighted by atomic mass is 10.1. The van der Waals surface area contributed by atoms with Crippen molar-refractivity contribution in [2.45, 2.75) is 12.6 Å². The van der Waals surface area contributed by atoms with Crippen LogP contribution in [0.15, 0.2) is 66.7 Å². The van der Waals surface area contributed by atoms with E-state index in [0.717, 1.165) is 48.0 Å². The first kappa shape index (κ1) is 22.3. The number of nitrogens with zero attached hydrogens (tertiary/aromatic N) is 3. The first-order valence-corrected chi connectivity index (χ1v) is 11.0. The molecule has 0 aliphatic carbocycles. The zero-order valence-corrected chi connectivity index (χ0v) is 18.8. The molecule has 2 heterocycles. The zero-order chi connectivity index (χ0) is 22.3. The number of aromatic nitrogens is 1. The molecular weight excluding hydrogens is 402 g/mol. The van der Waals surface area contributed by atoms with Crippen molar-refractivity contribution >= 4 is 5.69 Å². The van der Waals surface area contributed by atoms with E-state index in [1.54, 1.807) is 7.11 Å². The molecule has 1 aliphatic rings. The SMILES string of the molecule is COc1ccc(-c2cccc(C3CN(Cc4ccc(N(C)CCO)cc4)CCO3)n2)cc1. The number of hydrogen-bond donors (Lipinski definition) is 1. The third-order valence-electron chi connectivity index (χ3n) is 5.86. The van der Waals surface area contributed by atoms with Gasteiger partial charge in [-0.3, -0.25) is 9.88 Å². The van der Waals surface area contributed by atoms with Gasteiger partial charge in [0.1, 0.15) is 11.9 Å². The van der Waals surface area contributed by atoms with Crippen LogP contribution in [0.3, 0.4) is 0 Å². The Kier molecular flexibility index (Phi) is 7.37. The highest BCUT2D eigenvalue weighted by Crippen LogP contribution is 2.26. The smallest absolute Gasteiger partial charge is 0.118 e. The summed E-state index contributed by atoms with van der Waals surface area (Å²) in [6.07, 6.45) is -0.0445. The van der Waals surface area contributed by atoms with E-state index in [9.17, 15) is 0 Å². The summed E-state index contributed by atoms with van der Waals surface area (Å²) < 4.78 is 11.3. The molecule has 0 spiro atoms. The summed E-state index contributed by atoms with van der Waals surface area (Å²) in [6, 6.07) is 22.6. The van der Waals surface area contributed by atoms with Crippen molar-refractivity contribution < 1.29 is 14.6 Å². The van der Waals surface area contributed by atoms with Crippen molar-refractivity contribution in [3.8, 4) is 17.0 Å². The van der Waals surface area contributed by atoms with Gasteiger partial charge in [-0.15, -0.1) is 0 Å². The molecule has 1 saturated heterocycles. The van der Waals surface area contributed by atoms with Crippen LogP contribution < -0.4 is 9.64 Å². The molecule has 6 nitrogen and oxygen atoms in total. The Morgan fingerprint density at radius 2 is 1.88 bits per heavy atom. The number of aliphatic hydroxyl groups excluding tert-OH is 1. The topological polar surface area (TPSA) is 58.1 Å². The molecule has 0 radical (unpaired) electrons. The van der Waals surface area contributed by atoms with Crippen molar-refractivity contribution in [1.29, 1.82) is 0 Å². The number of rotatable bonds is 8. The van der Waals surface area contributed by atoms with Gasteiger partial charge in [0.15, 0.2) is 0 Å². The number of aliphatic hydroxyl groups is 1. The van der Waals surface area contributed by atoms with Crippen LogP contribution in [0.1, 0.15) is 17.4 Å². The lowest BCUT2D eigenvalue weighted by Gasteiger charge is -2.33. The molecule has 1 fully saturated rings. The van der Waals surface area contributed by atoms with Crippen LogP contribution in [0, 0.1) is 0 Å². The van der Waals surface area contributed by atoms with E-state index in [1.165, 1.54) is 5.56 Å². The normalized spacial score (nSPS) is 16.7. The fourth-order valence-corrected chi connectivity index (χ4v) is 3.97. The number of likely N-dealkylation sites (N-methyl/N-ethyl adjacent to an activating group) is 1. The van der Waals surface area contributed by atoms with Gasteiger partial charge in [-0.2, -0.15) is 0 Å². The van der Waals surface area contributed by atoms with Gasteiger partial charge >= 0.3 is 0 Å². The maximum Gasteiger partial charge on any atom is 0.118 e. The molecule has 0 bridgehead atoms. The highest BCUT2D eigenvalue weighted by atomic mass is 16.5. The summed E-state index contributed by atoms with van der Waals surface area (Å²) in [7, 11) is 3.66. The number of pyridine rings is 1. The second-order valence-electron chi connectivity index (χ2n) is 8.08. The fraction of sp³-hybridized carbons (Fsp3) is 0.346. The summed E-state index contributed by atoms with van der Waals surface area (Å²) in [6.45, 7) is 4.07. The molecule has 3 aromatic rings. The second-order valence-corrected chi connectivity index (χ2v) is 8.08. The molecule has 4 rings (SSSR count). The second kappa shape index (κ2) is 10.6. The van der Waals surface area contributed by atoms with Crippen LogP contribution in [0.2, 0.25) is 0 Å². The van der Waals surface area contributed by atoms with Gasteiger partial charge in [0.05, 0.1) is 31.7 Å². The lowest BCUT2D eigenvalue weighted by Crippen LogP contribution is -2.38. The third kappa shape index (κ3) is 5.46. The van der Waals surface area contributed by atoms with Crippen LogP contribution in [-0.2, 0) is 11.3 Å². The van der Waals surface area contributed by atoms with Gasteiger partial charge in [-0.1, -0.05) is 18.2 Å². The first-order valence-electron chi connectivity index (χ1n) is 11.0. The van der Waals surface area contributed by atoms with Crippen LogP contribution in [0.4, 0.5) is 5.69 Å². The highest BCUT2D eigenvalue weighted by Gasteiger charge is 2.23. The summed E-state index contributed by atoms with van der Waals surface area (Å²) in [4.78, 5) is 9.36. The van der Waals surface area contributed by atoms with Crippen molar-refractivity contribution in [2.24, 2.45) is 0 Å². The van der Waals surface area contributed by atoms with Gasteiger partial charge in [0.2, 0.25) is 0 Å². The number of ether oxygens (including phenoxy) is 2. The first-order chi connectivity index (χ1) is 15.7. The molecule has 6 heteroatoms. The van der Waals surface area contributed by atoms with Gasteiger partial charge in [0, 0.05) is 44.5 Å². The third-order valence-corrected chi connectivity index (χ3v) is 5.86. The zero-order valence-electron chi connectivity index (χ0n) is 18.8. The van der Waals surface area contributed by atoms with E-state index in [-0.39, 0.29) is 12.7 Å². The van der Waals surface area contributed by atoms with Crippen molar-refractivity contribution in [2.75, 3.05) is 51.9 Å². The van der Waals surface area contributed by atoms with Crippen molar-refractivity contribution in [3.05, 3.63) is 78.0 Å². The number of morpholine rings is 1. The molecule has 1 N–H and O–H groups in total. The van der Waals surface area contributed by atoms with Crippen LogP contribution in [-0.4, -0.2) is 62.0 Å². The Morgan fingerprint density at radius 1 is 1.09 bits per heavy atom. The highest BCUT2D eigenvalue weighted by molar-refractivity contribution is 5.60. The van der Waals surface area contributed by atoms with Crippen LogP contribution in [0.5, 0.6) is 5.75 Å². The average molecular weight is 434 g/mol. The fourth-order valence-electron chi connectivity index (χ4n) is 3.97. The van der Waals surface area contributed by atoms with Crippen LogP contribution in [0.25, 0.3) is 11.3 Å². The van der Waals surface area contributed by atoms with Crippen molar-refractivity contribution in [1.82, 2.24) is 9.88 Å². The number of hydrogen-bond acceptors (Lipinski definition) is 6. The van der Waals surface area contributed by atoms with E-state index in [2.05, 4.69) is 34.1 Å². The Morgan fingerprint density at radius 3 is 2.59 bits per heavy atom. The van der Waals surface area contributed by atoms with E-state index < -0.39 is 0 Å². The number of methoxy groups -OCH3 is 1. The summed E-state index contributed by atoms with van der Waals surface area (Å²) in [5.74, 6) is 0.837. The number of benzene rings is 2. The molecule has 0 amide bonds. The standard InChI is InChI=1S/C26H31N3O3/c1-28(14-16-30)22-10-6-20(7-11-22)18-29-15-17-32-26(19-29)25-5-3-4-24(27-25)21-8-12-23(31-2)13-9-21/h3-13,26,30H,14-19H2,1-2H3. The molecule has 1 aliphatic heterocycles. The maximum atomic E-state index is 9.12. The Hall–Kier alpha value is -2.93. The van der Waals surface area contributed by atoms with Crippen molar-refractivity contribution in [3.63, 3.8) is 0 Å². The van der Waals surface area contributed by atoms with Gasteiger partial charge in [-0.05, 0) is 54.1 Å². The number of anilines is 1. The molecule has 32 heavy (non-hydrogen) atoms. The van der Waals surface area contributed by atoms with E-state index in [4.69, 9.17) is 19.6 Å². The molecule has 2 aromatic carbocycles. The monoisotopic (exact) mass is 433 g/mol. The van der Waals surface area contributed by atoms with Gasteiger partial charge in [0.25, 0.3) is 0 Å². The Bertz CT molecular complexity index is 992. The van der Waals surface area contributed by atoms with Gasteiger partial charge in [-0.25, -0.2) is 0 Å². The Labute approximate surface area is 190 Å². The summed E-state index contributed by atoms with van der Waals surface area (Å²) >= 11 is 0. The molecular formula is C26H31N3O3. The van der Waals surface area contributed by atoms with E-state index >= 15 is 0 Å². The van der Waals surface area contributed by atoms with E-state index in [1.807, 2.05) is 49.5 Å². The molecule has 168 valence electrons. The summed E-state index contributed by atoms with van der Waals surface area (Å²) in [5.41, 5.74) is 5.35. The lowest BCUT2D eigenvalue weighted by molar-refractivity contribution is -0.0349. The summed E-state index contributed by atoms with van der Waals surface area (Å²) in [5, 5.41) is 9.12. The Balaban J connectivity index is 1.41. The largest absolute Gasteiger partial charge is 0.497 e. The minimum Gasteiger partial charge on any atom is -0.497 e. The minimum atomic E-state index is -0.0445. The molecule has 1 atom stereocenters. The molecule has 0 saturated carbocycles. The maximum absolute atomic E-state index is 9.12.